The summed E-state index contributed by atoms with van der Waals surface area (Å²) in [5, 5.41) is 0. The van der Waals surface area contributed by atoms with Crippen LogP contribution in [0.5, 0.6) is 0 Å². The molecule has 58 valence electrons. The molecule has 2 N–H and O–H groups in total. The lowest BCUT2D eigenvalue weighted by Crippen LogP contribution is -2.08. The normalized spacial score (nSPS) is 12.5. The Hall–Kier alpha value is -1.15. The van der Waals surface area contributed by atoms with Crippen molar-refractivity contribution in [1.29, 1.82) is 0 Å². The highest BCUT2D eigenvalue weighted by Gasteiger charge is 2.00. The molecule has 0 fully saturated rings. The molecule has 2 nitrogen and oxygen atoms in total. The van der Waals surface area contributed by atoms with Crippen LogP contribution in [-0.2, 0) is 0 Å². The van der Waals surface area contributed by atoms with Crippen molar-refractivity contribution < 1.29 is 0 Å². The molecule has 0 unspecified atom stereocenters. The van der Waals surface area contributed by atoms with Gasteiger partial charge in [0.15, 0.2) is 0 Å². The van der Waals surface area contributed by atoms with Gasteiger partial charge in [-0.1, -0.05) is 6.08 Å². The van der Waals surface area contributed by atoms with E-state index in [1.54, 1.807) is 12.3 Å². The van der Waals surface area contributed by atoms with Crippen LogP contribution in [0.4, 0.5) is 0 Å². The van der Waals surface area contributed by atoms with Gasteiger partial charge in [-0.15, -0.1) is 6.58 Å². The molecule has 0 aliphatic carbocycles. The Morgan fingerprint density at radius 1 is 1.73 bits per heavy atom. The number of nitrogens with two attached hydrogens (primary N) is 1. The van der Waals surface area contributed by atoms with Crippen LogP contribution in [-0.4, -0.2) is 4.98 Å². The molecule has 0 spiro atoms. The minimum absolute atomic E-state index is 0.144. The van der Waals surface area contributed by atoms with E-state index in [-0.39, 0.29) is 6.04 Å². The first-order chi connectivity index (χ1) is 5.24. The molecule has 11 heavy (non-hydrogen) atoms. The minimum Gasteiger partial charge on any atom is -0.319 e. The zero-order chi connectivity index (χ0) is 8.27. The van der Waals surface area contributed by atoms with Gasteiger partial charge in [-0.25, -0.2) is 0 Å². The van der Waals surface area contributed by atoms with Crippen molar-refractivity contribution in [2.24, 2.45) is 5.73 Å². The van der Waals surface area contributed by atoms with Gasteiger partial charge in [0.05, 0.1) is 11.7 Å². The van der Waals surface area contributed by atoms with Gasteiger partial charge in [0, 0.05) is 6.20 Å². The van der Waals surface area contributed by atoms with Crippen LogP contribution < -0.4 is 5.73 Å². The Kier molecular flexibility index (Phi) is 2.39. The fraction of sp³-hybridized carbons (Fsp3) is 0.222. The maximum Gasteiger partial charge on any atom is 0.0653 e. The lowest BCUT2D eigenvalue weighted by atomic mass is 10.1. The molecule has 0 aliphatic heterocycles. The highest BCUT2D eigenvalue weighted by Crippen LogP contribution is 2.08. The van der Waals surface area contributed by atoms with E-state index in [1.807, 2.05) is 19.1 Å². The Morgan fingerprint density at radius 3 is 3.00 bits per heavy atom. The Balaban J connectivity index is 2.95. The summed E-state index contributed by atoms with van der Waals surface area (Å²) in [7, 11) is 0. The highest BCUT2D eigenvalue weighted by atomic mass is 14.8. The van der Waals surface area contributed by atoms with E-state index in [4.69, 9.17) is 5.73 Å². The van der Waals surface area contributed by atoms with Gasteiger partial charge in [-0.2, -0.15) is 0 Å². The maximum atomic E-state index is 5.68. The molecule has 0 saturated heterocycles. The molecule has 2 heteroatoms. The molecule has 1 heterocycles. The second-order valence-corrected chi connectivity index (χ2v) is 2.52. The Bertz CT molecular complexity index is 255. The molecule has 1 aromatic heterocycles. The first kappa shape index (κ1) is 7.95. The van der Waals surface area contributed by atoms with Crippen LogP contribution in [0.15, 0.2) is 31.0 Å². The van der Waals surface area contributed by atoms with E-state index in [0.29, 0.717) is 0 Å². The zero-order valence-electron chi connectivity index (χ0n) is 6.62. The average Bonchev–Trinajstić information content (AvgIpc) is 2.03. The summed E-state index contributed by atoms with van der Waals surface area (Å²) in [6.45, 7) is 5.62. The SMILES string of the molecule is C=C[C@H](N)c1cc(C)ccn1. The second-order valence-electron chi connectivity index (χ2n) is 2.52. The third kappa shape index (κ3) is 1.88. The number of aromatic nitrogens is 1. The molecule has 1 rings (SSSR count). The van der Waals surface area contributed by atoms with Crippen molar-refractivity contribution in [3.8, 4) is 0 Å². The predicted octanol–water partition coefficient (Wildman–Crippen LogP) is 1.58. The summed E-state index contributed by atoms with van der Waals surface area (Å²) >= 11 is 0. The standard InChI is InChI=1S/C9H12N2/c1-3-8(10)9-6-7(2)4-5-11-9/h3-6,8H,1,10H2,2H3/t8-/m0/s1. The molecule has 0 bridgehead atoms. The zero-order valence-corrected chi connectivity index (χ0v) is 6.62. The summed E-state index contributed by atoms with van der Waals surface area (Å²) in [5.41, 5.74) is 7.73. The van der Waals surface area contributed by atoms with Crippen molar-refractivity contribution in [3.05, 3.63) is 42.2 Å². The molecule has 0 saturated carbocycles. The van der Waals surface area contributed by atoms with Gasteiger partial charge in [0.25, 0.3) is 0 Å². The van der Waals surface area contributed by atoms with Crippen LogP contribution in [0.25, 0.3) is 0 Å². The van der Waals surface area contributed by atoms with Gasteiger partial charge < -0.3 is 5.73 Å². The highest BCUT2D eigenvalue weighted by molar-refractivity contribution is 5.19. The summed E-state index contributed by atoms with van der Waals surface area (Å²) in [6.07, 6.45) is 3.44. The van der Waals surface area contributed by atoms with Crippen LogP contribution in [0.1, 0.15) is 17.3 Å². The summed E-state index contributed by atoms with van der Waals surface area (Å²) in [5.74, 6) is 0. The van der Waals surface area contributed by atoms with Crippen LogP contribution in [0.2, 0.25) is 0 Å². The van der Waals surface area contributed by atoms with E-state index in [0.717, 1.165) is 5.69 Å². The van der Waals surface area contributed by atoms with Gasteiger partial charge >= 0.3 is 0 Å². The lowest BCUT2D eigenvalue weighted by Gasteiger charge is -2.04. The van der Waals surface area contributed by atoms with E-state index < -0.39 is 0 Å². The van der Waals surface area contributed by atoms with Crippen molar-refractivity contribution in [1.82, 2.24) is 4.98 Å². The van der Waals surface area contributed by atoms with E-state index >= 15 is 0 Å². The van der Waals surface area contributed by atoms with Crippen LogP contribution >= 0.6 is 0 Å². The molecule has 0 aromatic carbocycles. The third-order valence-corrected chi connectivity index (χ3v) is 1.53. The first-order valence-electron chi connectivity index (χ1n) is 3.54. The van der Waals surface area contributed by atoms with Crippen molar-refractivity contribution >= 4 is 0 Å². The van der Waals surface area contributed by atoms with E-state index in [2.05, 4.69) is 11.6 Å². The largest absolute Gasteiger partial charge is 0.319 e. The molecular formula is C9H12N2. The fourth-order valence-electron chi connectivity index (χ4n) is 0.863. The molecule has 0 amide bonds. The van der Waals surface area contributed by atoms with Crippen molar-refractivity contribution in [2.45, 2.75) is 13.0 Å². The predicted molar refractivity (Wildman–Crippen MR) is 46.1 cm³/mol. The quantitative estimate of drug-likeness (QED) is 0.646. The summed E-state index contributed by atoms with van der Waals surface area (Å²) < 4.78 is 0. The molecule has 0 aliphatic rings. The molecule has 0 radical (unpaired) electrons. The van der Waals surface area contributed by atoms with Crippen LogP contribution in [0.3, 0.4) is 0 Å². The summed E-state index contributed by atoms with van der Waals surface area (Å²) in [4.78, 5) is 4.11. The van der Waals surface area contributed by atoms with Gasteiger partial charge in [-0.3, -0.25) is 4.98 Å². The van der Waals surface area contributed by atoms with Gasteiger partial charge in [-0.05, 0) is 24.6 Å². The second kappa shape index (κ2) is 3.30. The minimum atomic E-state index is -0.144. The average molecular weight is 148 g/mol. The van der Waals surface area contributed by atoms with Gasteiger partial charge in [0.2, 0.25) is 0 Å². The first-order valence-corrected chi connectivity index (χ1v) is 3.54. The summed E-state index contributed by atoms with van der Waals surface area (Å²) in [6, 6.07) is 3.76. The van der Waals surface area contributed by atoms with E-state index in [9.17, 15) is 0 Å². The molecular weight excluding hydrogens is 136 g/mol. The van der Waals surface area contributed by atoms with Crippen molar-refractivity contribution in [2.75, 3.05) is 0 Å². The maximum absolute atomic E-state index is 5.68. The fourth-order valence-corrected chi connectivity index (χ4v) is 0.863. The molecule has 1 atom stereocenters. The monoisotopic (exact) mass is 148 g/mol. The smallest absolute Gasteiger partial charge is 0.0653 e. The Labute approximate surface area is 66.8 Å². The van der Waals surface area contributed by atoms with Gasteiger partial charge in [0.1, 0.15) is 0 Å². The number of aryl methyl sites for hydroxylation is 1. The molecule has 1 aromatic rings. The lowest BCUT2D eigenvalue weighted by molar-refractivity contribution is 0.861. The number of hydrogen-bond donors (Lipinski definition) is 1. The van der Waals surface area contributed by atoms with Crippen LogP contribution in [0, 0.1) is 6.92 Å². The van der Waals surface area contributed by atoms with E-state index in [1.165, 1.54) is 5.56 Å². The number of rotatable bonds is 2. The number of hydrogen-bond acceptors (Lipinski definition) is 2. The van der Waals surface area contributed by atoms with Crippen molar-refractivity contribution in [3.63, 3.8) is 0 Å². The number of nitrogens with zero attached hydrogens (tertiary/aromatic N) is 1. The third-order valence-electron chi connectivity index (χ3n) is 1.53. The topological polar surface area (TPSA) is 38.9 Å². The Morgan fingerprint density at radius 2 is 2.45 bits per heavy atom. The number of pyridine rings is 1.